The van der Waals surface area contributed by atoms with Crippen LogP contribution in [-0.2, 0) is 24.2 Å². The van der Waals surface area contributed by atoms with Crippen LogP contribution in [0.15, 0.2) is 29.2 Å². The van der Waals surface area contributed by atoms with Gasteiger partial charge in [-0.1, -0.05) is 5.16 Å². The number of rotatable bonds is 4. The fraction of sp³-hybridized carbons (Fsp3) is 0.471. The monoisotopic (exact) mass is 328 g/mol. The molecule has 0 bridgehead atoms. The average molecular weight is 328 g/mol. The Labute approximate surface area is 140 Å². The smallest absolute Gasteiger partial charge is 0.290 e. The number of fused-ring (bicyclic) bond motifs is 1. The lowest BCUT2D eigenvalue weighted by molar-refractivity contribution is 0.0913. The Balaban J connectivity index is 1.44. The van der Waals surface area contributed by atoms with Crippen molar-refractivity contribution >= 4 is 5.91 Å². The van der Waals surface area contributed by atoms with Crippen LogP contribution in [0.3, 0.4) is 0 Å². The maximum atomic E-state index is 12.0. The highest BCUT2D eigenvalue weighted by molar-refractivity contribution is 5.91. The molecule has 1 fully saturated rings. The molecule has 0 spiro atoms. The molecule has 4 heterocycles. The molecule has 0 aromatic carbocycles. The molecule has 2 aromatic heterocycles. The molecule has 0 radical (unpaired) electrons. The number of ether oxygens (including phenoxy) is 1. The van der Waals surface area contributed by atoms with Crippen molar-refractivity contribution in [2.75, 3.05) is 19.8 Å². The molecule has 4 rings (SSSR count). The number of carbonyl (C=O) groups is 1. The first-order chi connectivity index (χ1) is 11.8. The number of pyridine rings is 1. The number of nitrogens with zero attached hydrogens (tertiary/aromatic N) is 3. The van der Waals surface area contributed by atoms with Crippen molar-refractivity contribution in [3.63, 3.8) is 0 Å². The molecule has 2 aliphatic heterocycles. The second-order valence-corrected chi connectivity index (χ2v) is 6.23. The van der Waals surface area contributed by atoms with E-state index in [1.54, 1.807) is 6.07 Å². The molecule has 126 valence electrons. The van der Waals surface area contributed by atoms with E-state index in [0.717, 1.165) is 44.7 Å². The van der Waals surface area contributed by atoms with Gasteiger partial charge in [0.15, 0.2) is 0 Å². The van der Waals surface area contributed by atoms with Crippen LogP contribution in [0.1, 0.15) is 33.7 Å². The highest BCUT2D eigenvalue weighted by Gasteiger charge is 2.27. The van der Waals surface area contributed by atoms with Gasteiger partial charge in [-0.3, -0.25) is 14.7 Å². The third-order valence-corrected chi connectivity index (χ3v) is 4.78. The van der Waals surface area contributed by atoms with Crippen molar-refractivity contribution in [3.8, 4) is 0 Å². The van der Waals surface area contributed by atoms with Gasteiger partial charge in [0.05, 0.1) is 12.8 Å². The zero-order valence-corrected chi connectivity index (χ0v) is 13.4. The zero-order chi connectivity index (χ0) is 16.4. The van der Waals surface area contributed by atoms with Crippen molar-refractivity contribution in [2.45, 2.75) is 32.0 Å². The lowest BCUT2D eigenvalue weighted by atomic mass is 9.96. The molecule has 24 heavy (non-hydrogen) atoms. The van der Waals surface area contributed by atoms with Gasteiger partial charge in [-0.05, 0) is 29.5 Å². The summed E-state index contributed by atoms with van der Waals surface area (Å²) >= 11 is 0. The Morgan fingerprint density at radius 3 is 3.17 bits per heavy atom. The number of hydrogen-bond acceptors (Lipinski definition) is 6. The molecule has 1 saturated heterocycles. The quantitative estimate of drug-likeness (QED) is 0.907. The Bertz CT molecular complexity index is 711. The van der Waals surface area contributed by atoms with Gasteiger partial charge < -0.3 is 14.6 Å². The maximum Gasteiger partial charge on any atom is 0.290 e. The van der Waals surface area contributed by atoms with Gasteiger partial charge in [0.1, 0.15) is 0 Å². The highest BCUT2D eigenvalue weighted by atomic mass is 16.5. The minimum atomic E-state index is -0.259. The van der Waals surface area contributed by atoms with Crippen LogP contribution in [0.4, 0.5) is 0 Å². The molecule has 2 aromatic rings. The van der Waals surface area contributed by atoms with Crippen LogP contribution < -0.4 is 5.32 Å². The molecule has 2 aliphatic rings. The van der Waals surface area contributed by atoms with Gasteiger partial charge in [-0.15, -0.1) is 0 Å². The van der Waals surface area contributed by atoms with E-state index in [1.165, 1.54) is 17.3 Å². The lowest BCUT2D eigenvalue weighted by Crippen LogP contribution is -2.40. The SMILES string of the molecule is O=C(NCc1cncc2c1CCN(C1CCOC1)C2)c1ccno1. The van der Waals surface area contributed by atoms with Crippen molar-refractivity contribution < 1.29 is 14.1 Å². The Kier molecular flexibility index (Phi) is 4.27. The summed E-state index contributed by atoms with van der Waals surface area (Å²) in [6.07, 6.45) is 7.33. The van der Waals surface area contributed by atoms with E-state index in [0.29, 0.717) is 12.6 Å². The van der Waals surface area contributed by atoms with Gasteiger partial charge in [0.2, 0.25) is 5.76 Å². The molecule has 1 atom stereocenters. The lowest BCUT2D eigenvalue weighted by Gasteiger charge is -2.33. The number of carbonyl (C=O) groups excluding carboxylic acids is 1. The van der Waals surface area contributed by atoms with E-state index in [1.807, 2.05) is 12.4 Å². The zero-order valence-electron chi connectivity index (χ0n) is 13.4. The second kappa shape index (κ2) is 6.70. The minimum absolute atomic E-state index is 0.222. The molecule has 0 saturated carbocycles. The van der Waals surface area contributed by atoms with Crippen LogP contribution in [0, 0.1) is 0 Å². The molecular weight excluding hydrogens is 308 g/mol. The topological polar surface area (TPSA) is 80.5 Å². The first-order valence-corrected chi connectivity index (χ1v) is 8.26. The number of amides is 1. The van der Waals surface area contributed by atoms with E-state index in [4.69, 9.17) is 9.26 Å². The normalized spacial score (nSPS) is 20.8. The van der Waals surface area contributed by atoms with E-state index in [-0.39, 0.29) is 11.7 Å². The molecular formula is C17H20N4O3. The summed E-state index contributed by atoms with van der Waals surface area (Å²) in [5, 5.41) is 6.42. The molecule has 1 amide bonds. The Hall–Kier alpha value is -2.25. The van der Waals surface area contributed by atoms with Crippen LogP contribution in [0.25, 0.3) is 0 Å². The summed E-state index contributed by atoms with van der Waals surface area (Å²) in [6, 6.07) is 2.07. The Morgan fingerprint density at radius 2 is 2.38 bits per heavy atom. The summed E-state index contributed by atoms with van der Waals surface area (Å²) in [5.41, 5.74) is 3.63. The summed E-state index contributed by atoms with van der Waals surface area (Å²) in [6.45, 7) is 4.06. The predicted molar refractivity (Wildman–Crippen MR) is 85.2 cm³/mol. The summed E-state index contributed by atoms with van der Waals surface area (Å²) < 4.78 is 10.4. The van der Waals surface area contributed by atoms with Gasteiger partial charge >= 0.3 is 0 Å². The molecule has 7 nitrogen and oxygen atoms in total. The van der Waals surface area contributed by atoms with Crippen molar-refractivity contribution in [3.05, 3.63) is 47.1 Å². The fourth-order valence-corrected chi connectivity index (χ4v) is 3.46. The number of aromatic nitrogens is 2. The highest BCUT2D eigenvalue weighted by Crippen LogP contribution is 2.25. The number of hydrogen-bond donors (Lipinski definition) is 1. The third-order valence-electron chi connectivity index (χ3n) is 4.78. The summed E-state index contributed by atoms with van der Waals surface area (Å²) in [5.74, 6) is -0.0363. The molecule has 1 unspecified atom stereocenters. The van der Waals surface area contributed by atoms with Gasteiger partial charge in [-0.25, -0.2) is 0 Å². The third kappa shape index (κ3) is 3.05. The van der Waals surface area contributed by atoms with Crippen molar-refractivity contribution in [1.82, 2.24) is 20.4 Å². The molecule has 1 N–H and O–H groups in total. The van der Waals surface area contributed by atoms with E-state index >= 15 is 0 Å². The average Bonchev–Trinajstić information content (AvgIpc) is 3.32. The largest absolute Gasteiger partial charge is 0.380 e. The van der Waals surface area contributed by atoms with Gasteiger partial charge in [0, 0.05) is 50.7 Å². The molecule has 0 aliphatic carbocycles. The van der Waals surface area contributed by atoms with Crippen LogP contribution in [-0.4, -0.2) is 46.7 Å². The van der Waals surface area contributed by atoms with E-state index in [9.17, 15) is 4.79 Å². The first kappa shape index (κ1) is 15.3. The van der Waals surface area contributed by atoms with Crippen LogP contribution in [0.5, 0.6) is 0 Å². The maximum absolute atomic E-state index is 12.0. The fourth-order valence-electron chi connectivity index (χ4n) is 3.46. The van der Waals surface area contributed by atoms with E-state index in [2.05, 4.69) is 20.4 Å². The first-order valence-electron chi connectivity index (χ1n) is 8.26. The summed E-state index contributed by atoms with van der Waals surface area (Å²) in [4.78, 5) is 18.8. The number of nitrogens with one attached hydrogen (secondary N) is 1. The van der Waals surface area contributed by atoms with E-state index < -0.39 is 0 Å². The van der Waals surface area contributed by atoms with Crippen LogP contribution >= 0.6 is 0 Å². The standard InChI is InChI=1S/C17H20N4O3/c22-17(16-1-4-20-24-16)19-9-12-7-18-8-13-10-21(5-2-15(12)13)14-3-6-23-11-14/h1,4,7-8,14H,2-3,5-6,9-11H2,(H,19,22). The minimum Gasteiger partial charge on any atom is -0.380 e. The predicted octanol–water partition coefficient (Wildman–Crippen LogP) is 1.15. The van der Waals surface area contributed by atoms with Crippen LogP contribution in [0.2, 0.25) is 0 Å². The molecule has 7 heteroatoms. The van der Waals surface area contributed by atoms with Gasteiger partial charge in [0.25, 0.3) is 5.91 Å². The summed E-state index contributed by atoms with van der Waals surface area (Å²) in [7, 11) is 0. The Morgan fingerprint density at radius 1 is 1.42 bits per heavy atom. The van der Waals surface area contributed by atoms with Gasteiger partial charge in [-0.2, -0.15) is 0 Å². The van der Waals surface area contributed by atoms with Crippen molar-refractivity contribution in [2.24, 2.45) is 0 Å². The van der Waals surface area contributed by atoms with Crippen molar-refractivity contribution in [1.29, 1.82) is 0 Å². The second-order valence-electron chi connectivity index (χ2n) is 6.23.